The van der Waals surface area contributed by atoms with Gasteiger partial charge in [0.1, 0.15) is 11.6 Å². The highest BCUT2D eigenvalue weighted by molar-refractivity contribution is 6.35. The Balaban J connectivity index is 2.22. The molecule has 0 saturated carbocycles. The van der Waals surface area contributed by atoms with Crippen LogP contribution in [0.4, 0.5) is 0 Å². The third-order valence-electron chi connectivity index (χ3n) is 3.30. The highest BCUT2D eigenvalue weighted by atomic mass is 35.5. The summed E-state index contributed by atoms with van der Waals surface area (Å²) < 4.78 is 11.5. The number of carbonyl (C=O) groups is 1. The van der Waals surface area contributed by atoms with Crippen molar-refractivity contribution in [2.75, 3.05) is 19.8 Å². The Labute approximate surface area is 160 Å². The topological polar surface area (TPSA) is 57.5 Å². The van der Waals surface area contributed by atoms with Crippen molar-refractivity contribution < 1.29 is 14.3 Å². The lowest BCUT2D eigenvalue weighted by atomic mass is 10.2. The van der Waals surface area contributed by atoms with Crippen LogP contribution in [0.5, 0.6) is 0 Å². The van der Waals surface area contributed by atoms with Gasteiger partial charge in [0.2, 0.25) is 0 Å². The Morgan fingerprint density at radius 2 is 1.88 bits per heavy atom. The van der Waals surface area contributed by atoms with Gasteiger partial charge in [-0.2, -0.15) is 0 Å². The third-order valence-corrected chi connectivity index (χ3v) is 4.16. The van der Waals surface area contributed by atoms with Crippen molar-refractivity contribution in [3.05, 3.63) is 67.0 Å². The van der Waals surface area contributed by atoms with Gasteiger partial charge in [-0.15, -0.1) is 0 Å². The molecule has 134 valence electrons. The molecule has 5 nitrogen and oxygen atoms in total. The smallest absolute Gasteiger partial charge is 0.339 e. The van der Waals surface area contributed by atoms with E-state index in [0.29, 0.717) is 28.8 Å². The first kappa shape index (κ1) is 19.8. The maximum Gasteiger partial charge on any atom is 0.339 e. The van der Waals surface area contributed by atoms with Gasteiger partial charge in [0.25, 0.3) is 5.56 Å². The molecule has 8 heteroatoms. The Kier molecular flexibility index (Phi) is 7.32. The van der Waals surface area contributed by atoms with Gasteiger partial charge in [-0.05, 0) is 30.7 Å². The fourth-order valence-electron chi connectivity index (χ4n) is 2.08. The second-order valence-electron chi connectivity index (χ2n) is 5.08. The Morgan fingerprint density at radius 3 is 2.56 bits per heavy atom. The van der Waals surface area contributed by atoms with E-state index in [1.165, 1.54) is 16.8 Å². The van der Waals surface area contributed by atoms with Gasteiger partial charge in [-0.25, -0.2) is 4.79 Å². The Morgan fingerprint density at radius 1 is 1.12 bits per heavy atom. The van der Waals surface area contributed by atoms with E-state index in [-0.39, 0.29) is 23.7 Å². The number of benzene rings is 1. The maximum atomic E-state index is 12.2. The Hall–Kier alpha value is -1.53. The summed E-state index contributed by atoms with van der Waals surface area (Å²) in [6, 6.07) is 6.24. The molecule has 0 aliphatic heterocycles. The molecule has 0 bridgehead atoms. The number of halogens is 3. The normalized spacial score (nSPS) is 10.7. The second-order valence-corrected chi connectivity index (χ2v) is 6.33. The lowest BCUT2D eigenvalue weighted by Gasteiger charge is -2.11. The maximum absolute atomic E-state index is 12.2. The number of pyridine rings is 1. The van der Waals surface area contributed by atoms with Crippen molar-refractivity contribution in [2.45, 2.75) is 13.5 Å². The molecule has 2 aromatic rings. The minimum absolute atomic E-state index is 0.0793. The molecule has 1 aromatic carbocycles. The quantitative estimate of drug-likeness (QED) is 0.516. The summed E-state index contributed by atoms with van der Waals surface area (Å²) in [5.41, 5.74) is 0.413. The largest absolute Gasteiger partial charge is 0.460 e. The van der Waals surface area contributed by atoms with E-state index in [9.17, 15) is 9.59 Å². The number of esters is 1. The summed E-state index contributed by atoms with van der Waals surface area (Å²) in [6.07, 6.45) is 1.39. The minimum Gasteiger partial charge on any atom is -0.460 e. The van der Waals surface area contributed by atoms with Crippen LogP contribution in [0.2, 0.25) is 15.1 Å². The fraction of sp³-hybridized carbons (Fsp3) is 0.294. The molecule has 0 unspecified atom stereocenters. The van der Waals surface area contributed by atoms with Crippen LogP contribution in [0, 0.1) is 0 Å². The molecule has 0 radical (unpaired) electrons. The van der Waals surface area contributed by atoms with E-state index < -0.39 is 11.5 Å². The predicted octanol–water partition coefficient (Wildman–Crippen LogP) is 4.05. The molecule has 0 N–H and O–H groups in total. The number of hydrogen-bond donors (Lipinski definition) is 0. The number of rotatable bonds is 7. The number of aromatic nitrogens is 1. The van der Waals surface area contributed by atoms with Gasteiger partial charge in [0.15, 0.2) is 0 Å². The molecule has 25 heavy (non-hydrogen) atoms. The average Bonchev–Trinajstić information content (AvgIpc) is 2.57. The van der Waals surface area contributed by atoms with Gasteiger partial charge in [-0.1, -0.05) is 40.9 Å². The molecule has 1 aromatic heterocycles. The van der Waals surface area contributed by atoms with Crippen LogP contribution >= 0.6 is 34.8 Å². The fourth-order valence-corrected chi connectivity index (χ4v) is 2.78. The van der Waals surface area contributed by atoms with Crippen molar-refractivity contribution in [2.24, 2.45) is 0 Å². The van der Waals surface area contributed by atoms with Gasteiger partial charge in [0, 0.05) is 22.8 Å². The zero-order valence-corrected chi connectivity index (χ0v) is 15.7. The van der Waals surface area contributed by atoms with Gasteiger partial charge in [-0.3, -0.25) is 4.79 Å². The molecule has 0 spiro atoms. The van der Waals surface area contributed by atoms with Crippen LogP contribution < -0.4 is 5.56 Å². The van der Waals surface area contributed by atoms with Crippen LogP contribution in [0.1, 0.15) is 22.8 Å². The summed E-state index contributed by atoms with van der Waals surface area (Å²) in [5.74, 6) is -0.586. The van der Waals surface area contributed by atoms with Crippen molar-refractivity contribution in [3.63, 3.8) is 0 Å². The standard InChI is InChI=1S/C17H16Cl3NO4/c1-2-24-5-6-25-17(23)12-7-15(20)16(22)21(10-12)9-11-3-4-13(18)8-14(11)19/h3-4,7-8,10H,2,5-6,9H2,1H3. The number of carbonyl (C=O) groups excluding carboxylic acids is 1. The molecular weight excluding hydrogens is 389 g/mol. The van der Waals surface area contributed by atoms with Crippen LogP contribution in [-0.4, -0.2) is 30.4 Å². The van der Waals surface area contributed by atoms with E-state index in [1.807, 2.05) is 6.92 Å². The Bertz CT molecular complexity index is 820. The van der Waals surface area contributed by atoms with Crippen molar-refractivity contribution in [1.82, 2.24) is 4.57 Å². The number of ether oxygens (including phenoxy) is 2. The van der Waals surface area contributed by atoms with E-state index in [2.05, 4.69) is 0 Å². The van der Waals surface area contributed by atoms with E-state index >= 15 is 0 Å². The van der Waals surface area contributed by atoms with Crippen LogP contribution in [0.3, 0.4) is 0 Å². The molecule has 0 amide bonds. The van der Waals surface area contributed by atoms with Crippen LogP contribution in [0.15, 0.2) is 35.3 Å². The molecule has 2 rings (SSSR count). The first-order chi connectivity index (χ1) is 11.9. The van der Waals surface area contributed by atoms with Crippen molar-refractivity contribution in [3.8, 4) is 0 Å². The third kappa shape index (κ3) is 5.47. The summed E-state index contributed by atoms with van der Waals surface area (Å²) in [4.78, 5) is 24.3. The van der Waals surface area contributed by atoms with Crippen LogP contribution in [0.25, 0.3) is 0 Å². The first-order valence-corrected chi connectivity index (χ1v) is 8.64. The summed E-state index contributed by atoms with van der Waals surface area (Å²) in [7, 11) is 0. The molecule has 1 heterocycles. The highest BCUT2D eigenvalue weighted by Gasteiger charge is 2.14. The first-order valence-electron chi connectivity index (χ1n) is 7.51. The molecule has 0 aliphatic carbocycles. The lowest BCUT2D eigenvalue weighted by molar-refractivity contribution is 0.0334. The van der Waals surface area contributed by atoms with Gasteiger partial charge < -0.3 is 14.0 Å². The molecular formula is C17H16Cl3NO4. The summed E-state index contributed by atoms with van der Waals surface area (Å²) in [6.45, 7) is 2.95. The average molecular weight is 405 g/mol. The zero-order chi connectivity index (χ0) is 18.4. The monoisotopic (exact) mass is 403 g/mol. The SMILES string of the molecule is CCOCCOC(=O)c1cc(Cl)c(=O)n(Cc2ccc(Cl)cc2Cl)c1. The minimum atomic E-state index is -0.586. The highest BCUT2D eigenvalue weighted by Crippen LogP contribution is 2.22. The van der Waals surface area contributed by atoms with Crippen LogP contribution in [-0.2, 0) is 16.0 Å². The summed E-state index contributed by atoms with van der Waals surface area (Å²) >= 11 is 18.0. The van der Waals surface area contributed by atoms with Crippen molar-refractivity contribution in [1.29, 1.82) is 0 Å². The molecule has 0 aliphatic rings. The van der Waals surface area contributed by atoms with Gasteiger partial charge in [0.05, 0.1) is 18.7 Å². The van der Waals surface area contributed by atoms with E-state index in [0.717, 1.165) is 0 Å². The summed E-state index contributed by atoms with van der Waals surface area (Å²) in [5, 5.41) is 0.829. The molecule has 0 atom stereocenters. The van der Waals surface area contributed by atoms with Gasteiger partial charge >= 0.3 is 5.97 Å². The van der Waals surface area contributed by atoms with Crippen molar-refractivity contribution >= 4 is 40.8 Å². The second kappa shape index (κ2) is 9.25. The predicted molar refractivity (Wildman–Crippen MR) is 98.1 cm³/mol. The number of hydrogen-bond acceptors (Lipinski definition) is 4. The zero-order valence-electron chi connectivity index (χ0n) is 13.4. The lowest BCUT2D eigenvalue weighted by Crippen LogP contribution is -2.23. The van der Waals surface area contributed by atoms with E-state index in [4.69, 9.17) is 44.3 Å². The molecule has 0 fully saturated rings. The number of nitrogens with zero attached hydrogens (tertiary/aromatic N) is 1. The van der Waals surface area contributed by atoms with E-state index in [1.54, 1.807) is 18.2 Å². The molecule has 0 saturated heterocycles.